The lowest BCUT2D eigenvalue weighted by Gasteiger charge is -2.13. The summed E-state index contributed by atoms with van der Waals surface area (Å²) in [4.78, 5) is 8.76. The third-order valence-electron chi connectivity index (χ3n) is 4.51. The number of rotatable bonds is 6. The fourth-order valence-corrected chi connectivity index (χ4v) is 3.81. The van der Waals surface area contributed by atoms with Gasteiger partial charge in [-0.15, -0.1) is 10.2 Å². The number of hydrogen-bond donors (Lipinski definition) is 0. The maximum Gasteiger partial charge on any atom is 0.239 e. The fraction of sp³-hybridized carbons (Fsp3) is 0.286. The smallest absolute Gasteiger partial charge is 0.239 e. The number of aromatic nitrogens is 6. The van der Waals surface area contributed by atoms with Crippen molar-refractivity contribution in [1.29, 1.82) is 0 Å². The highest BCUT2D eigenvalue weighted by molar-refractivity contribution is 7.99. The molecular formula is C21H22N6OS. The van der Waals surface area contributed by atoms with E-state index in [0.29, 0.717) is 11.7 Å². The van der Waals surface area contributed by atoms with Gasteiger partial charge in [-0.05, 0) is 37.6 Å². The Hall–Kier alpha value is -3.00. The molecule has 4 rings (SSSR count). The minimum absolute atomic E-state index is 0.0660. The zero-order valence-corrected chi connectivity index (χ0v) is 17.6. The Bertz CT molecular complexity index is 1110. The van der Waals surface area contributed by atoms with Gasteiger partial charge < -0.3 is 4.52 Å². The second-order valence-electron chi connectivity index (χ2n) is 7.08. The van der Waals surface area contributed by atoms with Crippen LogP contribution in [0.3, 0.4) is 0 Å². The summed E-state index contributed by atoms with van der Waals surface area (Å²) in [6.07, 6.45) is 3.54. The summed E-state index contributed by atoms with van der Waals surface area (Å²) in [5.41, 5.74) is 3.06. The number of aryl methyl sites for hydroxylation is 1. The van der Waals surface area contributed by atoms with Crippen LogP contribution in [0.2, 0.25) is 0 Å². The second kappa shape index (κ2) is 8.16. The van der Waals surface area contributed by atoms with E-state index < -0.39 is 0 Å². The summed E-state index contributed by atoms with van der Waals surface area (Å²) < 4.78 is 7.53. The van der Waals surface area contributed by atoms with Crippen molar-refractivity contribution in [2.45, 2.75) is 44.0 Å². The molecule has 1 atom stereocenters. The van der Waals surface area contributed by atoms with Gasteiger partial charge in [0.2, 0.25) is 5.89 Å². The van der Waals surface area contributed by atoms with Crippen molar-refractivity contribution in [1.82, 2.24) is 29.9 Å². The maximum atomic E-state index is 5.47. The van der Waals surface area contributed by atoms with Crippen LogP contribution in [-0.4, -0.2) is 29.9 Å². The van der Waals surface area contributed by atoms with E-state index in [2.05, 4.69) is 48.9 Å². The number of hydrogen-bond acceptors (Lipinski definition) is 7. The van der Waals surface area contributed by atoms with Gasteiger partial charge in [-0.2, -0.15) is 4.98 Å². The van der Waals surface area contributed by atoms with Gasteiger partial charge in [0.1, 0.15) is 0 Å². The molecule has 0 aliphatic heterocycles. The highest BCUT2D eigenvalue weighted by Gasteiger charge is 2.23. The molecule has 0 fully saturated rings. The molecule has 4 aromatic rings. The van der Waals surface area contributed by atoms with Crippen LogP contribution in [0.5, 0.6) is 0 Å². The summed E-state index contributed by atoms with van der Waals surface area (Å²) >= 11 is 1.54. The first-order valence-corrected chi connectivity index (χ1v) is 10.3. The molecule has 0 radical (unpaired) electrons. The molecule has 7 nitrogen and oxygen atoms in total. The van der Waals surface area contributed by atoms with E-state index in [1.807, 2.05) is 45.0 Å². The van der Waals surface area contributed by atoms with Crippen molar-refractivity contribution >= 4 is 11.8 Å². The molecule has 3 heterocycles. The lowest BCUT2D eigenvalue weighted by molar-refractivity contribution is 0.373. The Morgan fingerprint density at radius 2 is 1.86 bits per heavy atom. The monoisotopic (exact) mass is 406 g/mol. The quantitative estimate of drug-likeness (QED) is 0.417. The van der Waals surface area contributed by atoms with Gasteiger partial charge >= 0.3 is 0 Å². The zero-order chi connectivity index (χ0) is 20.4. The molecule has 1 aromatic carbocycles. The minimum atomic E-state index is -0.0660. The molecule has 3 aromatic heterocycles. The van der Waals surface area contributed by atoms with Crippen molar-refractivity contribution in [2.75, 3.05) is 0 Å². The topological polar surface area (TPSA) is 82.5 Å². The fourth-order valence-electron chi connectivity index (χ4n) is 2.92. The normalized spacial score (nSPS) is 12.4. The van der Waals surface area contributed by atoms with Gasteiger partial charge in [0, 0.05) is 23.9 Å². The Labute approximate surface area is 173 Å². The van der Waals surface area contributed by atoms with Crippen molar-refractivity contribution in [3.8, 4) is 17.1 Å². The molecule has 0 saturated heterocycles. The average Bonchev–Trinajstić information content (AvgIpc) is 3.37. The van der Waals surface area contributed by atoms with Crippen molar-refractivity contribution in [3.05, 3.63) is 66.1 Å². The summed E-state index contributed by atoms with van der Waals surface area (Å²) in [5, 5.41) is 13.7. The minimum Gasteiger partial charge on any atom is -0.338 e. The molecule has 29 heavy (non-hydrogen) atoms. The predicted octanol–water partition coefficient (Wildman–Crippen LogP) is 5.00. The summed E-state index contributed by atoms with van der Waals surface area (Å²) in [5.74, 6) is 2.26. The average molecular weight is 407 g/mol. The number of nitrogens with zero attached hydrogens (tertiary/aromatic N) is 6. The van der Waals surface area contributed by atoms with Gasteiger partial charge in [0.15, 0.2) is 16.8 Å². The Morgan fingerprint density at radius 3 is 2.55 bits per heavy atom. The molecule has 0 amide bonds. The molecule has 0 aliphatic carbocycles. The largest absolute Gasteiger partial charge is 0.338 e. The van der Waals surface area contributed by atoms with Crippen LogP contribution in [-0.2, 0) is 0 Å². The molecular weight excluding hydrogens is 384 g/mol. The van der Waals surface area contributed by atoms with Crippen LogP contribution in [0.15, 0.2) is 58.5 Å². The van der Waals surface area contributed by atoms with Crippen LogP contribution < -0.4 is 0 Å². The van der Waals surface area contributed by atoms with Crippen LogP contribution >= 0.6 is 11.8 Å². The number of thioether (sulfide) groups is 1. The molecule has 0 bridgehead atoms. The first-order valence-electron chi connectivity index (χ1n) is 9.46. The Balaban J connectivity index is 1.75. The van der Waals surface area contributed by atoms with E-state index in [4.69, 9.17) is 4.52 Å². The van der Waals surface area contributed by atoms with Crippen LogP contribution in [0.1, 0.15) is 49.2 Å². The molecule has 0 unspecified atom stereocenters. The number of para-hydroxylation sites is 1. The summed E-state index contributed by atoms with van der Waals surface area (Å²) in [7, 11) is 0. The van der Waals surface area contributed by atoms with Crippen molar-refractivity contribution < 1.29 is 4.52 Å². The van der Waals surface area contributed by atoms with Gasteiger partial charge in [-0.1, -0.05) is 49.0 Å². The standard InChI is InChI=1S/C21H22N6OS/c1-13(2)18-23-20(28-26-18)15(4)29-21-25-24-19(16-9-7-11-22-12-16)27(21)17-10-6-5-8-14(17)3/h5-13,15H,1-4H3/t15-/m0/s1. The molecule has 0 aliphatic rings. The van der Waals surface area contributed by atoms with E-state index in [9.17, 15) is 0 Å². The van der Waals surface area contributed by atoms with Gasteiger partial charge in [-0.3, -0.25) is 9.55 Å². The van der Waals surface area contributed by atoms with Gasteiger partial charge in [-0.25, -0.2) is 0 Å². The van der Waals surface area contributed by atoms with Gasteiger partial charge in [0.05, 0.1) is 10.9 Å². The van der Waals surface area contributed by atoms with Crippen molar-refractivity contribution in [2.24, 2.45) is 0 Å². The van der Waals surface area contributed by atoms with E-state index in [1.54, 1.807) is 24.2 Å². The highest BCUT2D eigenvalue weighted by Crippen LogP contribution is 2.37. The summed E-state index contributed by atoms with van der Waals surface area (Å²) in [6, 6.07) is 12.1. The SMILES string of the molecule is Cc1ccccc1-n1c(S[C@@H](C)c2nc(C(C)C)no2)nnc1-c1cccnc1. The van der Waals surface area contributed by atoms with E-state index in [1.165, 1.54) is 0 Å². The number of benzene rings is 1. The zero-order valence-electron chi connectivity index (χ0n) is 16.8. The van der Waals surface area contributed by atoms with E-state index in [0.717, 1.165) is 27.8 Å². The second-order valence-corrected chi connectivity index (χ2v) is 8.38. The molecule has 0 spiro atoms. The Morgan fingerprint density at radius 1 is 1.03 bits per heavy atom. The maximum absolute atomic E-state index is 5.47. The summed E-state index contributed by atoms with van der Waals surface area (Å²) in [6.45, 7) is 8.19. The van der Waals surface area contributed by atoms with Crippen molar-refractivity contribution in [3.63, 3.8) is 0 Å². The third kappa shape index (κ3) is 3.93. The third-order valence-corrected chi connectivity index (χ3v) is 5.54. The Kier molecular flexibility index (Phi) is 5.44. The molecule has 0 saturated carbocycles. The lowest BCUT2D eigenvalue weighted by atomic mass is 10.2. The van der Waals surface area contributed by atoms with Gasteiger partial charge in [0.25, 0.3) is 0 Å². The predicted molar refractivity (Wildman–Crippen MR) is 112 cm³/mol. The molecule has 148 valence electrons. The highest BCUT2D eigenvalue weighted by atomic mass is 32.2. The van der Waals surface area contributed by atoms with E-state index in [-0.39, 0.29) is 11.2 Å². The molecule has 0 N–H and O–H groups in total. The number of pyridine rings is 1. The van der Waals surface area contributed by atoms with Crippen LogP contribution in [0, 0.1) is 6.92 Å². The van der Waals surface area contributed by atoms with Crippen LogP contribution in [0.25, 0.3) is 17.1 Å². The first kappa shape index (κ1) is 19.3. The van der Waals surface area contributed by atoms with E-state index >= 15 is 0 Å². The van der Waals surface area contributed by atoms with Crippen LogP contribution in [0.4, 0.5) is 0 Å². The lowest BCUT2D eigenvalue weighted by Crippen LogP contribution is -2.03. The molecule has 8 heteroatoms. The first-order chi connectivity index (χ1) is 14.0.